The van der Waals surface area contributed by atoms with Crippen LogP contribution in [0.3, 0.4) is 0 Å². The van der Waals surface area contributed by atoms with Gasteiger partial charge in [-0.3, -0.25) is 0 Å². The van der Waals surface area contributed by atoms with Gasteiger partial charge in [0.1, 0.15) is 0 Å². The van der Waals surface area contributed by atoms with Crippen molar-refractivity contribution in [1.82, 2.24) is 19.9 Å². The SMILES string of the molecule is c1ccc(-c2cc(-c3ccc(-c4ccc5sc6c(-c7ccc8c(c7)sc7c(-c9cc(-c%10nc(-c%11ccccc%11)cc(-c%11ccc(-c%12cccc%13c%12sc%12ccccc%12%13)cc%11)n%10)cc(-c%10cccc%11c%10sc%10ccccc%10%11)c9)cccc78)cccc6c5c4)cc3)nc(-c3cc(-c4ccc5sc6ccccc6c5c4)cc(-c4ccc5sc6ccccc6c5c4)c3)n2)cc1. The monoisotopic (exact) mass is 1710 g/mol. The van der Waals surface area contributed by atoms with Gasteiger partial charge >= 0.3 is 0 Å². The molecule has 126 heavy (non-hydrogen) atoms. The van der Waals surface area contributed by atoms with Crippen molar-refractivity contribution >= 4 is 189 Å². The number of benzene rings is 18. The summed E-state index contributed by atoms with van der Waals surface area (Å²) in [5, 5.41) is 15.2. The molecule has 0 unspecified atom stereocenters. The molecule has 0 saturated carbocycles. The zero-order chi connectivity index (χ0) is 82.6. The van der Waals surface area contributed by atoms with E-state index in [4.69, 9.17) is 19.9 Å². The molecule has 4 nitrogen and oxygen atoms in total. The van der Waals surface area contributed by atoms with E-state index in [2.05, 4.69) is 400 Å². The lowest BCUT2D eigenvalue weighted by molar-refractivity contribution is 1.18. The van der Waals surface area contributed by atoms with Crippen molar-refractivity contribution in [3.05, 3.63) is 400 Å². The van der Waals surface area contributed by atoms with E-state index >= 15 is 0 Å². The van der Waals surface area contributed by atoms with Crippen molar-refractivity contribution in [2.45, 2.75) is 0 Å². The molecule has 0 atom stereocenters. The van der Waals surface area contributed by atoms with Crippen molar-refractivity contribution < 1.29 is 0 Å². The molecule has 0 aliphatic heterocycles. The lowest BCUT2D eigenvalue weighted by Gasteiger charge is -2.14. The van der Waals surface area contributed by atoms with Gasteiger partial charge in [-0.2, -0.15) is 0 Å². The molecule has 8 aromatic heterocycles. The molecular weight excluding hydrogens is 1640 g/mol. The minimum Gasteiger partial charge on any atom is -0.228 e. The Hall–Kier alpha value is -14.6. The maximum Gasteiger partial charge on any atom is 0.160 e. The third kappa shape index (κ3) is 12.5. The van der Waals surface area contributed by atoms with E-state index in [9.17, 15) is 0 Å². The van der Waals surface area contributed by atoms with E-state index in [1.54, 1.807) is 0 Å². The molecule has 10 heteroatoms. The second kappa shape index (κ2) is 29.6. The summed E-state index contributed by atoms with van der Waals surface area (Å²) in [5.41, 5.74) is 25.7. The quantitative estimate of drug-likeness (QED) is 0.115. The van der Waals surface area contributed by atoms with Crippen LogP contribution in [-0.2, 0) is 0 Å². The minimum absolute atomic E-state index is 0.668. The Labute approximate surface area is 748 Å². The number of rotatable bonds is 13. The highest BCUT2D eigenvalue weighted by atomic mass is 32.1. The van der Waals surface area contributed by atoms with Gasteiger partial charge in [-0.1, -0.05) is 285 Å². The van der Waals surface area contributed by atoms with Gasteiger partial charge in [0.25, 0.3) is 0 Å². The number of fused-ring (bicyclic) bond motifs is 18. The first-order valence-corrected chi connectivity index (χ1v) is 47.2. The largest absolute Gasteiger partial charge is 0.228 e. The van der Waals surface area contributed by atoms with E-state index in [0.717, 1.165) is 101 Å². The fraction of sp³-hybridized carbons (Fsp3) is 0. The van der Waals surface area contributed by atoms with Crippen LogP contribution in [-0.4, -0.2) is 19.9 Å². The Morgan fingerprint density at radius 2 is 0.397 bits per heavy atom. The zero-order valence-corrected chi connectivity index (χ0v) is 72.2. The molecule has 0 spiro atoms. The summed E-state index contributed by atoms with van der Waals surface area (Å²) in [4.78, 5) is 22.1. The van der Waals surface area contributed by atoms with Crippen molar-refractivity contribution in [2.24, 2.45) is 0 Å². The second-order valence-electron chi connectivity index (χ2n) is 32.6. The van der Waals surface area contributed by atoms with Crippen LogP contribution in [0.1, 0.15) is 0 Å². The van der Waals surface area contributed by atoms with Crippen LogP contribution in [0.5, 0.6) is 0 Å². The van der Waals surface area contributed by atoms with E-state index < -0.39 is 0 Å². The highest BCUT2D eigenvalue weighted by Gasteiger charge is 2.24. The van der Waals surface area contributed by atoms with Gasteiger partial charge in [0, 0.05) is 154 Å². The Balaban J connectivity index is 0.549. The first kappa shape index (κ1) is 73.0. The van der Waals surface area contributed by atoms with Crippen LogP contribution in [0.15, 0.2) is 400 Å². The third-order valence-electron chi connectivity index (χ3n) is 25.1. The molecule has 586 valence electrons. The van der Waals surface area contributed by atoms with Crippen molar-refractivity contribution in [3.8, 4) is 146 Å². The van der Waals surface area contributed by atoms with Crippen molar-refractivity contribution in [3.63, 3.8) is 0 Å². The Morgan fingerprint density at radius 1 is 0.127 bits per heavy atom. The molecule has 0 bridgehead atoms. The van der Waals surface area contributed by atoms with Crippen LogP contribution >= 0.6 is 68.0 Å². The number of hydrogen-bond donors (Lipinski definition) is 0. The molecule has 0 radical (unpaired) electrons. The molecule has 18 aromatic carbocycles. The fourth-order valence-corrected chi connectivity index (χ4v) is 26.1. The maximum atomic E-state index is 5.59. The lowest BCUT2D eigenvalue weighted by Crippen LogP contribution is -1.97. The summed E-state index contributed by atoms with van der Waals surface area (Å²) in [7, 11) is 0. The normalized spacial score (nSPS) is 12.0. The molecule has 26 rings (SSSR count). The molecule has 26 aromatic rings. The van der Waals surface area contributed by atoms with E-state index in [1.165, 1.54) is 154 Å². The molecule has 8 heterocycles. The molecule has 0 aliphatic rings. The summed E-state index contributed by atoms with van der Waals surface area (Å²) in [6.45, 7) is 0. The molecule has 0 saturated heterocycles. The van der Waals surface area contributed by atoms with Gasteiger partial charge in [0.15, 0.2) is 11.6 Å². The van der Waals surface area contributed by atoms with E-state index in [0.29, 0.717) is 11.6 Å². The van der Waals surface area contributed by atoms with E-state index in [-0.39, 0.29) is 0 Å². The summed E-state index contributed by atoms with van der Waals surface area (Å²) in [6, 6.07) is 148. The van der Waals surface area contributed by atoms with Gasteiger partial charge in [0.2, 0.25) is 0 Å². The predicted molar refractivity (Wildman–Crippen MR) is 546 cm³/mol. The number of thiophene rings is 6. The van der Waals surface area contributed by atoms with Crippen molar-refractivity contribution in [2.75, 3.05) is 0 Å². The van der Waals surface area contributed by atoms with Crippen LogP contribution < -0.4 is 0 Å². The highest BCUT2D eigenvalue weighted by Crippen LogP contribution is 2.51. The average molecular weight is 1710 g/mol. The van der Waals surface area contributed by atoms with Crippen molar-refractivity contribution in [1.29, 1.82) is 0 Å². The zero-order valence-electron chi connectivity index (χ0n) is 67.3. The summed E-state index contributed by atoms with van der Waals surface area (Å²) >= 11 is 11.2. The average Bonchev–Trinajstić information content (AvgIpc) is 1.58. The standard InChI is InChI=1S/C116H66N4S6/c1-3-19-69(20-4-1)99-65-101(119-115(117-99)81-56-77(74-49-52-107-96(62-74)89-25-9-11-35-103(89)121-107)55-78(57-81)75-50-53-108-97(63-75)90-26-10-12-36-104(90)122-108)71-43-39-67(40-44-71)73-48-54-109-98(61-73)95-34-16-28-84(112(95)125-109)76-47-51-91-94-33-18-30-86(114(94)126-110(91)64-76)80-58-79(85-29-17-32-93-88-24-8-14-38-106(88)124-113(85)93)59-82(60-80)116-118-100(70-21-5-2-6-22-70)66-102(120-116)72-45-41-68(42-46-72)83-27-15-31-92-87-23-7-13-37-105(87)123-111(83)92/h1-66H. The minimum atomic E-state index is 0.668. The van der Waals surface area contributed by atoms with Gasteiger partial charge in [-0.25, -0.2) is 19.9 Å². The van der Waals surface area contributed by atoms with Crippen LogP contribution in [0.2, 0.25) is 0 Å². The lowest BCUT2D eigenvalue weighted by atomic mass is 9.94. The smallest absolute Gasteiger partial charge is 0.160 e. The summed E-state index contributed by atoms with van der Waals surface area (Å²) in [5.74, 6) is 1.34. The summed E-state index contributed by atoms with van der Waals surface area (Å²) in [6.07, 6.45) is 0. The highest BCUT2D eigenvalue weighted by molar-refractivity contribution is 7.28. The first-order valence-electron chi connectivity index (χ1n) is 42.3. The third-order valence-corrected chi connectivity index (χ3v) is 32.3. The molecule has 0 fully saturated rings. The second-order valence-corrected chi connectivity index (χ2v) is 39.0. The maximum absolute atomic E-state index is 5.59. The fourth-order valence-electron chi connectivity index (χ4n) is 18.9. The number of hydrogen-bond acceptors (Lipinski definition) is 10. The number of aromatic nitrogens is 4. The van der Waals surface area contributed by atoms with Crippen LogP contribution in [0.4, 0.5) is 0 Å². The van der Waals surface area contributed by atoms with Gasteiger partial charge < -0.3 is 0 Å². The van der Waals surface area contributed by atoms with Gasteiger partial charge in [0.05, 0.1) is 22.8 Å². The van der Waals surface area contributed by atoms with E-state index in [1.807, 2.05) is 68.0 Å². The van der Waals surface area contributed by atoms with Gasteiger partial charge in [-0.05, 0) is 193 Å². The number of nitrogens with zero attached hydrogens (tertiary/aromatic N) is 4. The van der Waals surface area contributed by atoms with Crippen LogP contribution in [0.25, 0.3) is 267 Å². The molecular formula is C116H66N4S6. The Morgan fingerprint density at radius 3 is 0.841 bits per heavy atom. The molecule has 0 amide bonds. The van der Waals surface area contributed by atoms with Crippen LogP contribution in [0, 0.1) is 0 Å². The van der Waals surface area contributed by atoms with Gasteiger partial charge in [-0.15, -0.1) is 68.0 Å². The predicted octanol–water partition coefficient (Wildman–Crippen LogP) is 35.1. The Bertz CT molecular complexity index is 8840. The topological polar surface area (TPSA) is 51.6 Å². The molecule has 0 N–H and O–H groups in total. The summed E-state index contributed by atoms with van der Waals surface area (Å²) < 4.78 is 15.3. The first-order chi connectivity index (χ1) is 62.3. The Kier molecular flexibility index (Phi) is 17.1. The molecule has 0 aliphatic carbocycles.